The fourth-order valence-corrected chi connectivity index (χ4v) is 3.05. The lowest BCUT2D eigenvalue weighted by Crippen LogP contribution is -2.42. The first-order valence-electron chi connectivity index (χ1n) is 6.31. The van der Waals surface area contributed by atoms with Crippen LogP contribution in [0.3, 0.4) is 0 Å². The van der Waals surface area contributed by atoms with Gasteiger partial charge in [-0.25, -0.2) is 0 Å². The predicted octanol–water partition coefficient (Wildman–Crippen LogP) is 1.10. The SMILES string of the molecule is CCC(COC)N1CC2CCCNC2C1. The summed E-state index contributed by atoms with van der Waals surface area (Å²) in [6.45, 7) is 6.87. The first-order chi connectivity index (χ1) is 7.35. The van der Waals surface area contributed by atoms with Gasteiger partial charge in [0.25, 0.3) is 0 Å². The number of rotatable bonds is 4. The first kappa shape index (κ1) is 11.4. The van der Waals surface area contributed by atoms with Gasteiger partial charge in [0.1, 0.15) is 0 Å². The third-order valence-corrected chi connectivity index (χ3v) is 3.97. The van der Waals surface area contributed by atoms with Gasteiger partial charge in [0.15, 0.2) is 0 Å². The Morgan fingerprint density at radius 2 is 2.33 bits per heavy atom. The summed E-state index contributed by atoms with van der Waals surface area (Å²) < 4.78 is 5.30. The maximum Gasteiger partial charge on any atom is 0.0617 e. The minimum atomic E-state index is 0.627. The van der Waals surface area contributed by atoms with Gasteiger partial charge in [0, 0.05) is 32.3 Å². The highest BCUT2D eigenvalue weighted by molar-refractivity contribution is 4.93. The molecule has 15 heavy (non-hydrogen) atoms. The van der Waals surface area contributed by atoms with Crippen molar-refractivity contribution in [2.45, 2.75) is 38.3 Å². The van der Waals surface area contributed by atoms with Crippen LogP contribution in [-0.2, 0) is 4.74 Å². The Morgan fingerprint density at radius 3 is 3.00 bits per heavy atom. The first-order valence-corrected chi connectivity index (χ1v) is 6.31. The molecule has 2 saturated heterocycles. The van der Waals surface area contributed by atoms with Crippen molar-refractivity contribution in [1.82, 2.24) is 10.2 Å². The third kappa shape index (κ3) is 2.52. The predicted molar refractivity (Wildman–Crippen MR) is 62.0 cm³/mol. The van der Waals surface area contributed by atoms with Gasteiger partial charge < -0.3 is 10.1 Å². The third-order valence-electron chi connectivity index (χ3n) is 3.97. The largest absolute Gasteiger partial charge is 0.383 e. The van der Waals surface area contributed by atoms with Crippen LogP contribution in [0.25, 0.3) is 0 Å². The van der Waals surface area contributed by atoms with Crippen LogP contribution in [0.15, 0.2) is 0 Å². The number of methoxy groups -OCH3 is 1. The second kappa shape index (κ2) is 5.28. The molecule has 3 heteroatoms. The average molecular weight is 212 g/mol. The van der Waals surface area contributed by atoms with Gasteiger partial charge >= 0.3 is 0 Å². The van der Waals surface area contributed by atoms with Crippen molar-refractivity contribution in [1.29, 1.82) is 0 Å². The molecule has 88 valence electrons. The number of nitrogens with zero attached hydrogens (tertiary/aromatic N) is 1. The highest BCUT2D eigenvalue weighted by Gasteiger charge is 2.36. The molecule has 1 N–H and O–H groups in total. The molecule has 2 aliphatic rings. The Balaban J connectivity index is 1.89. The van der Waals surface area contributed by atoms with Crippen LogP contribution in [0.1, 0.15) is 26.2 Å². The summed E-state index contributed by atoms with van der Waals surface area (Å²) >= 11 is 0. The molecule has 0 aromatic rings. The van der Waals surface area contributed by atoms with Crippen molar-refractivity contribution in [3.63, 3.8) is 0 Å². The van der Waals surface area contributed by atoms with E-state index in [0.717, 1.165) is 18.6 Å². The van der Waals surface area contributed by atoms with Crippen LogP contribution in [0.2, 0.25) is 0 Å². The minimum Gasteiger partial charge on any atom is -0.383 e. The molecular weight excluding hydrogens is 188 g/mol. The summed E-state index contributed by atoms with van der Waals surface area (Å²) in [5.74, 6) is 0.893. The van der Waals surface area contributed by atoms with E-state index in [9.17, 15) is 0 Å². The van der Waals surface area contributed by atoms with Gasteiger partial charge in [0.05, 0.1) is 6.61 Å². The Hall–Kier alpha value is -0.120. The number of hydrogen-bond donors (Lipinski definition) is 1. The Labute approximate surface area is 93.2 Å². The number of hydrogen-bond acceptors (Lipinski definition) is 3. The summed E-state index contributed by atoms with van der Waals surface area (Å²) in [5, 5.41) is 3.65. The lowest BCUT2D eigenvalue weighted by Gasteiger charge is -2.26. The van der Waals surface area contributed by atoms with Crippen LogP contribution in [-0.4, -0.2) is 50.3 Å². The molecule has 0 aromatic heterocycles. The molecule has 2 rings (SSSR count). The normalized spacial score (nSPS) is 34.0. The van der Waals surface area contributed by atoms with Gasteiger partial charge in [-0.15, -0.1) is 0 Å². The number of ether oxygens (including phenoxy) is 1. The van der Waals surface area contributed by atoms with Crippen LogP contribution in [0, 0.1) is 5.92 Å². The van der Waals surface area contributed by atoms with Crippen LogP contribution >= 0.6 is 0 Å². The summed E-state index contributed by atoms with van der Waals surface area (Å²) in [7, 11) is 1.81. The highest BCUT2D eigenvalue weighted by Crippen LogP contribution is 2.26. The van der Waals surface area contributed by atoms with E-state index in [2.05, 4.69) is 17.1 Å². The number of fused-ring (bicyclic) bond motifs is 1. The van der Waals surface area contributed by atoms with E-state index in [4.69, 9.17) is 4.74 Å². The highest BCUT2D eigenvalue weighted by atomic mass is 16.5. The molecule has 0 aliphatic carbocycles. The summed E-state index contributed by atoms with van der Waals surface area (Å²) in [4.78, 5) is 2.62. The quantitative estimate of drug-likeness (QED) is 0.755. The molecule has 0 bridgehead atoms. The van der Waals surface area contributed by atoms with Crippen LogP contribution in [0.5, 0.6) is 0 Å². The molecular formula is C12H24N2O. The maximum absolute atomic E-state index is 5.30. The molecule has 0 aromatic carbocycles. The summed E-state index contributed by atoms with van der Waals surface area (Å²) in [6, 6.07) is 1.38. The summed E-state index contributed by atoms with van der Waals surface area (Å²) in [6.07, 6.45) is 3.97. The molecule has 3 atom stereocenters. The van der Waals surface area contributed by atoms with E-state index in [0.29, 0.717) is 6.04 Å². The van der Waals surface area contributed by atoms with Crippen LogP contribution in [0.4, 0.5) is 0 Å². The molecule has 2 heterocycles. The van der Waals surface area contributed by atoms with Gasteiger partial charge in [-0.3, -0.25) is 4.90 Å². The lowest BCUT2D eigenvalue weighted by atomic mass is 9.94. The fourth-order valence-electron chi connectivity index (χ4n) is 3.05. The van der Waals surface area contributed by atoms with E-state index in [-0.39, 0.29) is 0 Å². The van der Waals surface area contributed by atoms with Crippen molar-refractivity contribution in [3.8, 4) is 0 Å². The lowest BCUT2D eigenvalue weighted by molar-refractivity contribution is 0.0998. The zero-order chi connectivity index (χ0) is 10.7. The van der Waals surface area contributed by atoms with Crippen molar-refractivity contribution >= 4 is 0 Å². The smallest absolute Gasteiger partial charge is 0.0617 e. The zero-order valence-electron chi connectivity index (χ0n) is 10.0. The minimum absolute atomic E-state index is 0.627. The van der Waals surface area contributed by atoms with Crippen molar-refractivity contribution < 1.29 is 4.74 Å². The Morgan fingerprint density at radius 1 is 1.47 bits per heavy atom. The van der Waals surface area contributed by atoms with Crippen molar-refractivity contribution in [2.24, 2.45) is 5.92 Å². The van der Waals surface area contributed by atoms with Gasteiger partial charge in [-0.05, 0) is 31.7 Å². The number of nitrogens with one attached hydrogen (secondary N) is 1. The monoisotopic (exact) mass is 212 g/mol. The van der Waals surface area contributed by atoms with Crippen molar-refractivity contribution in [3.05, 3.63) is 0 Å². The Kier molecular flexibility index (Phi) is 4.00. The second-order valence-corrected chi connectivity index (χ2v) is 4.93. The van der Waals surface area contributed by atoms with E-state index in [1.54, 1.807) is 0 Å². The van der Waals surface area contributed by atoms with Gasteiger partial charge in [0.2, 0.25) is 0 Å². The topological polar surface area (TPSA) is 24.5 Å². The van der Waals surface area contributed by atoms with E-state index >= 15 is 0 Å². The number of likely N-dealkylation sites (tertiary alicyclic amines) is 1. The average Bonchev–Trinajstić information content (AvgIpc) is 2.69. The van der Waals surface area contributed by atoms with E-state index in [1.165, 1.54) is 38.9 Å². The molecule has 3 nitrogen and oxygen atoms in total. The fraction of sp³-hybridized carbons (Fsp3) is 1.00. The molecule has 0 spiro atoms. The molecule has 3 unspecified atom stereocenters. The molecule has 0 saturated carbocycles. The van der Waals surface area contributed by atoms with Crippen molar-refractivity contribution in [2.75, 3.05) is 33.4 Å². The van der Waals surface area contributed by atoms with Crippen LogP contribution < -0.4 is 5.32 Å². The van der Waals surface area contributed by atoms with Gasteiger partial charge in [-0.2, -0.15) is 0 Å². The standard InChI is InChI=1S/C12H24N2O/c1-3-11(9-15-2)14-7-10-5-4-6-13-12(10)8-14/h10-13H,3-9H2,1-2H3. The summed E-state index contributed by atoms with van der Waals surface area (Å²) in [5.41, 5.74) is 0. The molecule has 0 radical (unpaired) electrons. The van der Waals surface area contributed by atoms with E-state index < -0.39 is 0 Å². The molecule has 2 aliphatic heterocycles. The molecule has 0 amide bonds. The zero-order valence-corrected chi connectivity index (χ0v) is 10.0. The maximum atomic E-state index is 5.30. The number of piperidine rings is 1. The van der Waals surface area contributed by atoms with Gasteiger partial charge in [-0.1, -0.05) is 6.92 Å². The second-order valence-electron chi connectivity index (χ2n) is 4.93. The van der Waals surface area contributed by atoms with E-state index in [1.807, 2.05) is 7.11 Å². The Bertz CT molecular complexity index is 184. The molecule has 2 fully saturated rings.